The highest BCUT2D eigenvalue weighted by atomic mass is 28.4. The van der Waals surface area contributed by atoms with Crippen molar-refractivity contribution in [1.82, 2.24) is 0 Å². The van der Waals surface area contributed by atoms with Crippen molar-refractivity contribution in [3.8, 4) is 0 Å². The number of hydrogen-bond donors (Lipinski definition) is 0. The zero-order chi connectivity index (χ0) is 52.7. The summed E-state index contributed by atoms with van der Waals surface area (Å²) in [7, 11) is -9.73. The van der Waals surface area contributed by atoms with Crippen molar-refractivity contribution in [2.45, 2.75) is 304 Å². The molecule has 3 saturated carbocycles. The molecule has 0 saturated heterocycles. The maximum atomic E-state index is 7.63. The maximum absolute atomic E-state index is 7.63. The molecular weight excluding hydrogens is 917 g/mol. The lowest BCUT2D eigenvalue weighted by Crippen LogP contribution is -2.55. The molecule has 3 aliphatic carbocycles. The van der Waals surface area contributed by atoms with E-state index in [0.29, 0.717) is 23.7 Å². The zero-order valence-electron chi connectivity index (χ0n) is 50.4. The molecule has 7 atom stereocenters. The molecule has 3 fully saturated rings. The molecule has 0 spiro atoms. The minimum atomic E-state index is -2.16. The van der Waals surface area contributed by atoms with E-state index in [1.54, 1.807) is 5.57 Å². The summed E-state index contributed by atoms with van der Waals surface area (Å²) in [5, 5.41) is 0.414. The van der Waals surface area contributed by atoms with Crippen LogP contribution in [0.4, 0.5) is 0 Å². The number of rotatable bonds is 22. The Morgan fingerprint density at radius 3 is 1.75 bits per heavy atom. The van der Waals surface area contributed by atoms with Gasteiger partial charge >= 0.3 is 0 Å². The van der Waals surface area contributed by atoms with Crippen molar-refractivity contribution >= 4 is 41.6 Å². The van der Waals surface area contributed by atoms with E-state index in [4.69, 9.17) is 28.7 Å². The second kappa shape index (κ2) is 22.1. The topological polar surface area (TPSA) is 46.2 Å². The van der Waals surface area contributed by atoms with Gasteiger partial charge in [-0.05, 0) is 219 Å². The van der Waals surface area contributed by atoms with Crippen LogP contribution in [0.2, 0.25) is 93.7 Å². The molecule has 0 aromatic rings. The summed E-state index contributed by atoms with van der Waals surface area (Å²) in [5.74, 6) is 2.46. The average molecular weight is 1030 g/mol. The van der Waals surface area contributed by atoms with Crippen LogP contribution >= 0.6 is 0 Å². The SMILES string of the molecule is C=C1/C(=C\C=C2/CCC[C@@]3(C)[C@@H]2CC[C@@H]3[C@H](CCCC(C)(C)O[Si](C)(C)C)CC[C@@H](O[Si](C)(C)C(C)(C)C(C)C)C(C)(C)O[Si](C)(C)C)C[C@@H](O[Si](C)(C)C(C)(C)C)C[C@@H]1O[Si](C)(C)C(C)(C)C. The predicted molar refractivity (Wildman–Crippen MR) is 312 cm³/mol. The number of fused-ring (bicyclic) bond motifs is 1. The molecule has 0 amide bonds. The monoisotopic (exact) mass is 1030 g/mol. The highest BCUT2D eigenvalue weighted by Gasteiger charge is 2.53. The number of hydrogen-bond acceptors (Lipinski definition) is 5. The molecule has 0 heterocycles. The molecule has 5 nitrogen and oxygen atoms in total. The molecule has 3 rings (SSSR count). The molecule has 3 aliphatic rings. The normalized spacial score (nSPS) is 26.8. The van der Waals surface area contributed by atoms with Crippen LogP contribution in [0, 0.1) is 29.1 Å². The molecule has 0 radical (unpaired) electrons. The van der Waals surface area contributed by atoms with Gasteiger partial charge in [-0.3, -0.25) is 0 Å². The van der Waals surface area contributed by atoms with Gasteiger partial charge in [0.25, 0.3) is 0 Å². The summed E-state index contributed by atoms with van der Waals surface area (Å²) in [6.07, 6.45) is 19.3. The molecule has 0 aromatic heterocycles. The summed E-state index contributed by atoms with van der Waals surface area (Å²) in [5.41, 5.74) is 4.02. The average Bonchev–Trinajstić information content (AvgIpc) is 3.46. The van der Waals surface area contributed by atoms with Crippen LogP contribution in [0.25, 0.3) is 0 Å². The lowest BCUT2D eigenvalue weighted by atomic mass is 9.60. The van der Waals surface area contributed by atoms with Crippen molar-refractivity contribution in [3.05, 3.63) is 35.5 Å². The molecule has 68 heavy (non-hydrogen) atoms. The molecule has 0 unspecified atom stereocenters. The molecular formula is C58H116O5Si5. The Labute approximate surface area is 430 Å². The maximum Gasteiger partial charge on any atom is 0.193 e. The standard InChI is InChI=1S/C58H116O5Si5/c1-43(2)57(14,15)68(27,28)61-52(56(12,13)63-65(20,21)22)38-35-46(31-29-39-55(10,11)62-64(17,18)19)50-37-36-49-45(32-30-40-58(49,50)16)33-34-47-41-48(59-66(23,24)53(4,5)6)42-51(44(47)3)60-67(25,26)54(7,8)9/h33-34,43,46,48-52H,3,29-32,35-42H2,1-2,4-28H3/b45-33+,47-34-/t46-,48-,49-,50-,51+,52-,58+/m1/s1. The van der Waals surface area contributed by atoms with Gasteiger partial charge in [0.1, 0.15) is 0 Å². The Hall–Kier alpha value is 0.104. The van der Waals surface area contributed by atoms with Crippen molar-refractivity contribution in [2.24, 2.45) is 29.1 Å². The third-order valence-electron chi connectivity index (χ3n) is 18.9. The molecule has 0 aliphatic heterocycles. The third kappa shape index (κ3) is 16.3. The molecule has 10 heteroatoms. The first-order valence-electron chi connectivity index (χ1n) is 27.8. The summed E-state index contributed by atoms with van der Waals surface area (Å²) < 4.78 is 36.0. The summed E-state index contributed by atoms with van der Waals surface area (Å²) in [6, 6.07) is 0. The van der Waals surface area contributed by atoms with Crippen molar-refractivity contribution in [2.75, 3.05) is 0 Å². The van der Waals surface area contributed by atoms with Crippen molar-refractivity contribution in [3.63, 3.8) is 0 Å². The van der Waals surface area contributed by atoms with E-state index in [1.807, 2.05) is 0 Å². The van der Waals surface area contributed by atoms with Gasteiger partial charge in [0.2, 0.25) is 0 Å². The largest absolute Gasteiger partial charge is 0.413 e. The van der Waals surface area contributed by atoms with Gasteiger partial charge in [0.15, 0.2) is 41.6 Å². The van der Waals surface area contributed by atoms with Crippen molar-refractivity contribution < 1.29 is 22.1 Å². The Morgan fingerprint density at radius 2 is 1.24 bits per heavy atom. The minimum absolute atomic E-state index is 0.00275. The van der Waals surface area contributed by atoms with Gasteiger partial charge in [-0.1, -0.05) is 113 Å². The van der Waals surface area contributed by atoms with Gasteiger partial charge in [-0.15, -0.1) is 0 Å². The van der Waals surface area contributed by atoms with E-state index in [9.17, 15) is 0 Å². The first kappa shape index (κ1) is 62.4. The second-order valence-corrected chi connectivity index (χ2v) is 53.3. The predicted octanol–water partition coefficient (Wildman–Crippen LogP) is 19.0. The molecule has 0 N–H and O–H groups in total. The van der Waals surface area contributed by atoms with Gasteiger partial charge in [0.05, 0.1) is 29.5 Å². The van der Waals surface area contributed by atoms with Crippen LogP contribution in [-0.2, 0) is 22.1 Å². The smallest absolute Gasteiger partial charge is 0.193 e. The lowest BCUT2D eigenvalue weighted by molar-refractivity contribution is -0.0373. The fraction of sp³-hybridized carbons (Fsp3) is 0.897. The van der Waals surface area contributed by atoms with Crippen LogP contribution in [0.15, 0.2) is 35.5 Å². The third-order valence-corrected chi connectivity index (χ3v) is 34.7. The van der Waals surface area contributed by atoms with Crippen LogP contribution in [-0.4, -0.2) is 71.1 Å². The highest BCUT2D eigenvalue weighted by molar-refractivity contribution is 6.75. The zero-order valence-corrected chi connectivity index (χ0v) is 55.4. The van der Waals surface area contributed by atoms with Crippen LogP contribution in [0.3, 0.4) is 0 Å². The van der Waals surface area contributed by atoms with Crippen LogP contribution < -0.4 is 0 Å². The summed E-state index contributed by atoms with van der Waals surface area (Å²) >= 11 is 0. The highest BCUT2D eigenvalue weighted by Crippen LogP contribution is 2.61. The Balaban J connectivity index is 2.07. The fourth-order valence-electron chi connectivity index (χ4n) is 12.0. The van der Waals surface area contributed by atoms with Gasteiger partial charge in [-0.2, -0.15) is 0 Å². The quantitative estimate of drug-likeness (QED) is 0.101. The van der Waals surface area contributed by atoms with Crippen molar-refractivity contribution in [1.29, 1.82) is 0 Å². The van der Waals surface area contributed by atoms with E-state index < -0.39 is 41.6 Å². The first-order chi connectivity index (χ1) is 30.3. The van der Waals surface area contributed by atoms with Gasteiger partial charge < -0.3 is 22.1 Å². The van der Waals surface area contributed by atoms with E-state index in [-0.39, 0.29) is 50.0 Å². The second-order valence-electron chi connectivity index (χ2n) is 30.4. The summed E-state index contributed by atoms with van der Waals surface area (Å²) in [4.78, 5) is 0. The van der Waals surface area contributed by atoms with E-state index >= 15 is 0 Å². The van der Waals surface area contributed by atoms with Gasteiger partial charge in [0, 0.05) is 6.42 Å². The summed E-state index contributed by atoms with van der Waals surface area (Å²) in [6.45, 7) is 69.3. The lowest BCUT2D eigenvalue weighted by Gasteiger charge is -2.49. The minimum Gasteiger partial charge on any atom is -0.413 e. The molecule has 0 bridgehead atoms. The Kier molecular flexibility index (Phi) is 20.3. The van der Waals surface area contributed by atoms with E-state index in [0.717, 1.165) is 25.7 Å². The van der Waals surface area contributed by atoms with Crippen LogP contribution in [0.5, 0.6) is 0 Å². The Morgan fingerprint density at radius 1 is 0.691 bits per heavy atom. The number of allylic oxidation sites excluding steroid dienone is 3. The van der Waals surface area contributed by atoms with Crippen LogP contribution in [0.1, 0.15) is 181 Å². The molecule has 398 valence electrons. The Bertz CT molecular complexity index is 1730. The van der Waals surface area contributed by atoms with Gasteiger partial charge in [-0.25, -0.2) is 0 Å². The molecule has 0 aromatic carbocycles. The van der Waals surface area contributed by atoms with E-state index in [1.165, 1.54) is 62.5 Å². The van der Waals surface area contributed by atoms with E-state index in [2.05, 4.69) is 195 Å². The first-order valence-corrected chi connectivity index (χ1v) is 43.3. The fourth-order valence-corrected chi connectivity index (χ4v) is 21.0.